The van der Waals surface area contributed by atoms with E-state index in [-0.39, 0.29) is 87.7 Å². The highest BCUT2D eigenvalue weighted by Gasteiger charge is 2.41. The molecule has 2 amide bonds. The van der Waals surface area contributed by atoms with E-state index in [9.17, 15) is 62.3 Å². The Morgan fingerprint density at radius 1 is 0.590 bits per heavy atom. The molecule has 336 valence electrons. The highest BCUT2D eigenvalue weighted by molar-refractivity contribution is 7.79. The third kappa shape index (κ3) is 13.3. The summed E-state index contributed by atoms with van der Waals surface area (Å²) in [7, 11) is -4.67. The third-order valence-corrected chi connectivity index (χ3v) is 8.74. The van der Waals surface area contributed by atoms with Gasteiger partial charge in [-0.15, -0.1) is 20.4 Å². The van der Waals surface area contributed by atoms with E-state index in [1.807, 2.05) is 0 Å². The zero-order valence-electron chi connectivity index (χ0n) is 30.7. The molecule has 0 fully saturated rings. The second kappa shape index (κ2) is 19.1. The second-order valence-corrected chi connectivity index (χ2v) is 14.2. The summed E-state index contributed by atoms with van der Waals surface area (Å²) in [5.74, 6) is -10.3. The highest BCUT2D eigenvalue weighted by atomic mass is 32.3. The summed E-state index contributed by atoms with van der Waals surface area (Å²) in [6.45, 7) is -0.604. The number of alkyl halides is 6. The van der Waals surface area contributed by atoms with Crippen molar-refractivity contribution in [2.45, 2.75) is 76.3 Å². The average Bonchev–Trinajstić information content (AvgIpc) is 3.77. The van der Waals surface area contributed by atoms with Crippen molar-refractivity contribution in [3.63, 3.8) is 0 Å². The molecule has 0 unspecified atom stereocenters. The van der Waals surface area contributed by atoms with Crippen molar-refractivity contribution in [1.29, 1.82) is 0 Å². The summed E-state index contributed by atoms with van der Waals surface area (Å²) in [6, 6.07) is 0.368. The van der Waals surface area contributed by atoms with E-state index in [1.54, 1.807) is 0 Å². The molecule has 16 nitrogen and oxygen atoms in total. The Kier molecular flexibility index (Phi) is 15.1. The number of amides is 2. The normalized spacial score (nSPS) is 15.1. The number of aromatic nitrogens is 6. The fraction of sp³-hybridized carbons (Fsp3) is 0.438. The van der Waals surface area contributed by atoms with Gasteiger partial charge >= 0.3 is 22.8 Å². The first-order valence-corrected chi connectivity index (χ1v) is 18.5. The van der Waals surface area contributed by atoms with E-state index < -0.39 is 93.2 Å². The molecule has 2 aromatic carbocycles. The monoisotopic (exact) mass is 912 g/mol. The molecule has 0 radical (unpaired) electrons. The second-order valence-electron chi connectivity index (χ2n) is 13.3. The summed E-state index contributed by atoms with van der Waals surface area (Å²) in [5.41, 5.74) is 11.3. The smallest absolute Gasteiger partial charge is 0.333 e. The maximum atomic E-state index is 13.7. The standard InChI is InChI=1S/2C16H15F6N5O.H2O4S/c2*17-10-6-12(19)11(18)4-8(10)3-9(23)5-14(28)26-1-2-27-13(7-26)24-25-15(27)16(20,21)22;1-5(2,3)4/h2*4,6,9H,1-3,5,7,23H2;(H2,1,2,3,4)/t2*9-;/m11./s1. The lowest BCUT2D eigenvalue weighted by Gasteiger charge is -2.29. The Labute approximate surface area is 335 Å². The van der Waals surface area contributed by atoms with Crippen LogP contribution in [0.3, 0.4) is 0 Å². The van der Waals surface area contributed by atoms with E-state index in [4.69, 9.17) is 29.0 Å². The van der Waals surface area contributed by atoms with Gasteiger partial charge in [-0.1, -0.05) is 0 Å². The maximum Gasteiger partial charge on any atom is 0.451 e. The molecule has 0 bridgehead atoms. The van der Waals surface area contributed by atoms with Gasteiger partial charge in [0.25, 0.3) is 0 Å². The molecule has 0 saturated heterocycles. The maximum absolute atomic E-state index is 13.7. The molecular weight excluding hydrogens is 880 g/mol. The highest BCUT2D eigenvalue weighted by Crippen LogP contribution is 2.31. The molecule has 0 aliphatic carbocycles. The number of rotatable bonds is 8. The topological polar surface area (TPSA) is 229 Å². The number of carbonyl (C=O) groups is 2. The van der Waals surface area contributed by atoms with E-state index in [0.29, 0.717) is 24.3 Å². The molecule has 6 rings (SSSR count). The van der Waals surface area contributed by atoms with Crippen LogP contribution in [0.25, 0.3) is 0 Å². The first-order chi connectivity index (χ1) is 28.1. The van der Waals surface area contributed by atoms with Crippen LogP contribution in [0.15, 0.2) is 24.3 Å². The quantitative estimate of drug-likeness (QED) is 0.113. The molecular formula is C32H32F12N10O6S. The first kappa shape index (κ1) is 48.3. The van der Waals surface area contributed by atoms with Crippen LogP contribution in [0.4, 0.5) is 52.7 Å². The fourth-order valence-corrected chi connectivity index (χ4v) is 6.02. The Bertz CT molecular complexity index is 2190. The predicted octanol–water partition coefficient (Wildman–Crippen LogP) is 3.38. The minimum Gasteiger partial charge on any atom is -0.333 e. The molecule has 4 heterocycles. The SMILES string of the molecule is N[C@@H](CC(=O)N1CCn2c(nnc2C(F)(F)F)C1)Cc1cc(F)c(F)cc1F.N[C@@H](CC(=O)N1CCn2c(nnc2C(F)(F)F)C1)Cc1cc(F)c(F)cc1F.O=S(=O)(O)O. The van der Waals surface area contributed by atoms with E-state index in [2.05, 4.69) is 20.4 Å². The van der Waals surface area contributed by atoms with Gasteiger partial charge in [0.2, 0.25) is 23.5 Å². The average molecular weight is 913 g/mol. The summed E-state index contributed by atoms with van der Waals surface area (Å²) in [5, 5.41) is 13.2. The van der Waals surface area contributed by atoms with Gasteiger partial charge < -0.3 is 30.4 Å². The number of nitrogens with zero attached hydrogens (tertiary/aromatic N) is 8. The van der Waals surface area contributed by atoms with E-state index >= 15 is 0 Å². The third-order valence-electron chi connectivity index (χ3n) is 8.74. The fourth-order valence-electron chi connectivity index (χ4n) is 6.02. The largest absolute Gasteiger partial charge is 0.451 e. The summed E-state index contributed by atoms with van der Waals surface area (Å²) < 4.78 is 190. The zero-order valence-corrected chi connectivity index (χ0v) is 31.6. The number of hydrogen-bond donors (Lipinski definition) is 4. The predicted molar refractivity (Wildman–Crippen MR) is 180 cm³/mol. The van der Waals surface area contributed by atoms with Crippen LogP contribution in [0.1, 0.15) is 47.3 Å². The number of hydrogen-bond acceptors (Lipinski definition) is 10. The minimum absolute atomic E-state index is 0.000783. The van der Waals surface area contributed by atoms with Gasteiger partial charge in [0.1, 0.15) is 11.6 Å². The van der Waals surface area contributed by atoms with Crippen molar-refractivity contribution < 1.29 is 79.8 Å². The molecule has 2 aliphatic heterocycles. The molecule has 4 aromatic rings. The number of halogens is 12. The Morgan fingerprint density at radius 3 is 1.21 bits per heavy atom. The van der Waals surface area contributed by atoms with Crippen molar-refractivity contribution in [2.24, 2.45) is 11.5 Å². The van der Waals surface area contributed by atoms with Crippen LogP contribution in [-0.2, 0) is 71.4 Å². The van der Waals surface area contributed by atoms with Gasteiger partial charge in [-0.25, -0.2) is 26.3 Å². The minimum atomic E-state index is -4.67. The van der Waals surface area contributed by atoms with Gasteiger partial charge in [-0.05, 0) is 36.1 Å². The number of fused-ring (bicyclic) bond motifs is 2. The van der Waals surface area contributed by atoms with Crippen molar-refractivity contribution in [3.05, 3.63) is 93.6 Å². The lowest BCUT2D eigenvalue weighted by molar-refractivity contribution is -0.149. The van der Waals surface area contributed by atoms with Crippen molar-refractivity contribution >= 4 is 22.2 Å². The Morgan fingerprint density at radius 2 is 0.902 bits per heavy atom. The van der Waals surface area contributed by atoms with E-state index in [0.717, 1.165) is 9.13 Å². The molecule has 2 aliphatic rings. The lowest BCUT2D eigenvalue weighted by Crippen LogP contribution is -2.42. The molecule has 6 N–H and O–H groups in total. The van der Waals surface area contributed by atoms with Crippen molar-refractivity contribution in [3.8, 4) is 0 Å². The van der Waals surface area contributed by atoms with Crippen LogP contribution in [0.2, 0.25) is 0 Å². The van der Waals surface area contributed by atoms with Gasteiger partial charge in [0, 0.05) is 63.2 Å². The zero-order chi connectivity index (χ0) is 45.8. The number of nitrogens with two attached hydrogens (primary N) is 2. The number of benzene rings is 2. The molecule has 29 heteroatoms. The molecule has 2 aromatic heterocycles. The Balaban J connectivity index is 0.000000242. The molecule has 0 saturated carbocycles. The van der Waals surface area contributed by atoms with Gasteiger partial charge in [0.15, 0.2) is 34.9 Å². The Hall–Kier alpha value is -5.39. The molecule has 61 heavy (non-hydrogen) atoms. The van der Waals surface area contributed by atoms with Crippen LogP contribution in [0.5, 0.6) is 0 Å². The van der Waals surface area contributed by atoms with Crippen LogP contribution >= 0.6 is 0 Å². The van der Waals surface area contributed by atoms with Gasteiger partial charge in [0.05, 0.1) is 13.1 Å². The molecule has 0 spiro atoms. The summed E-state index contributed by atoms with van der Waals surface area (Å²) >= 11 is 0. The van der Waals surface area contributed by atoms with Gasteiger partial charge in [-0.3, -0.25) is 18.7 Å². The van der Waals surface area contributed by atoms with Crippen LogP contribution < -0.4 is 11.5 Å². The number of carbonyl (C=O) groups excluding carboxylic acids is 2. The van der Waals surface area contributed by atoms with Crippen molar-refractivity contribution in [1.82, 2.24) is 39.3 Å². The van der Waals surface area contributed by atoms with Crippen molar-refractivity contribution in [2.75, 3.05) is 13.1 Å². The molecule has 2 atom stereocenters. The van der Waals surface area contributed by atoms with Crippen LogP contribution in [-0.4, -0.2) is 93.8 Å². The lowest BCUT2D eigenvalue weighted by atomic mass is 10.0. The summed E-state index contributed by atoms with van der Waals surface area (Å²) in [6.07, 6.45) is -10.2. The van der Waals surface area contributed by atoms with E-state index in [1.165, 1.54) is 9.80 Å². The first-order valence-electron chi connectivity index (χ1n) is 17.1. The van der Waals surface area contributed by atoms with Gasteiger partial charge in [-0.2, -0.15) is 34.8 Å². The van der Waals surface area contributed by atoms with Crippen LogP contribution in [0, 0.1) is 34.9 Å². The summed E-state index contributed by atoms with van der Waals surface area (Å²) in [4.78, 5) is 27.3.